The predicted molar refractivity (Wildman–Crippen MR) is 69.3 cm³/mol. The van der Waals surface area contributed by atoms with E-state index in [1.807, 2.05) is 6.92 Å². The van der Waals surface area contributed by atoms with E-state index < -0.39 is 23.2 Å². The fourth-order valence-electron chi connectivity index (χ4n) is 2.02. The number of benzene rings is 1. The monoisotopic (exact) mass is 289 g/mol. The quantitative estimate of drug-likeness (QED) is 0.873. The zero-order valence-electron chi connectivity index (χ0n) is 11.6. The smallest absolute Gasteiger partial charge is 0.416 e. The summed E-state index contributed by atoms with van der Waals surface area (Å²) in [4.78, 5) is 11.5. The molecule has 0 saturated carbocycles. The molecule has 0 aromatic heterocycles. The highest BCUT2D eigenvalue weighted by Gasteiger charge is 2.43. The number of carboxylic acid groups (broad SMARTS) is 1. The minimum Gasteiger partial charge on any atom is -0.480 e. The molecule has 1 rings (SSSR count). The molecule has 0 aliphatic carbocycles. The van der Waals surface area contributed by atoms with E-state index in [4.69, 9.17) is 0 Å². The van der Waals surface area contributed by atoms with Crippen LogP contribution in [0.1, 0.15) is 38.3 Å². The van der Waals surface area contributed by atoms with Gasteiger partial charge in [-0.25, -0.2) is 4.79 Å². The number of alkyl halides is 3. The Labute approximate surface area is 115 Å². The Bertz CT molecular complexity index is 488. The van der Waals surface area contributed by atoms with Gasteiger partial charge in [0.15, 0.2) is 0 Å². The first-order chi connectivity index (χ1) is 9.13. The van der Waals surface area contributed by atoms with Crippen LogP contribution >= 0.6 is 0 Å². The molecule has 0 bridgehead atoms. The molecular weight excluding hydrogens is 271 g/mol. The second kappa shape index (κ2) is 5.83. The van der Waals surface area contributed by atoms with Gasteiger partial charge in [0.2, 0.25) is 0 Å². The number of hydrogen-bond donors (Lipinski definition) is 2. The van der Waals surface area contributed by atoms with Crippen LogP contribution in [0.15, 0.2) is 24.3 Å². The molecule has 2 unspecified atom stereocenters. The largest absolute Gasteiger partial charge is 0.480 e. The van der Waals surface area contributed by atoms with Crippen LogP contribution < -0.4 is 5.32 Å². The predicted octanol–water partition coefficient (Wildman–Crippen LogP) is 3.39. The molecule has 0 fully saturated rings. The van der Waals surface area contributed by atoms with Crippen LogP contribution in [0.5, 0.6) is 0 Å². The number of aliphatic carboxylic acids is 1. The van der Waals surface area contributed by atoms with Gasteiger partial charge in [0.05, 0.1) is 5.56 Å². The summed E-state index contributed by atoms with van der Waals surface area (Å²) in [5, 5.41) is 12.2. The van der Waals surface area contributed by atoms with E-state index >= 15 is 0 Å². The van der Waals surface area contributed by atoms with Crippen molar-refractivity contribution in [2.24, 2.45) is 0 Å². The molecule has 0 radical (unpaired) electrons. The Morgan fingerprint density at radius 1 is 1.30 bits per heavy atom. The molecule has 0 spiro atoms. The van der Waals surface area contributed by atoms with Crippen molar-refractivity contribution in [2.75, 3.05) is 0 Å². The second-order valence-corrected chi connectivity index (χ2v) is 4.93. The fraction of sp³-hybridized carbons (Fsp3) is 0.500. The summed E-state index contributed by atoms with van der Waals surface area (Å²) >= 11 is 0. The van der Waals surface area contributed by atoms with Crippen molar-refractivity contribution < 1.29 is 23.1 Å². The van der Waals surface area contributed by atoms with Gasteiger partial charge >= 0.3 is 12.1 Å². The molecule has 0 aliphatic heterocycles. The van der Waals surface area contributed by atoms with Crippen molar-refractivity contribution in [3.63, 3.8) is 0 Å². The van der Waals surface area contributed by atoms with E-state index in [1.54, 1.807) is 6.92 Å². The van der Waals surface area contributed by atoms with Gasteiger partial charge in [-0.05, 0) is 31.9 Å². The highest BCUT2D eigenvalue weighted by atomic mass is 19.4. The van der Waals surface area contributed by atoms with E-state index in [1.165, 1.54) is 25.1 Å². The summed E-state index contributed by atoms with van der Waals surface area (Å²) in [5.74, 6) is -1.34. The normalized spacial score (nSPS) is 16.5. The highest BCUT2D eigenvalue weighted by Crippen LogP contribution is 2.37. The lowest BCUT2D eigenvalue weighted by Crippen LogP contribution is -2.51. The van der Waals surface area contributed by atoms with Crippen LogP contribution in [0.2, 0.25) is 0 Å². The van der Waals surface area contributed by atoms with Crippen molar-refractivity contribution in [1.29, 1.82) is 0 Å². The molecule has 1 aromatic carbocycles. The molecule has 3 nitrogen and oxygen atoms in total. The summed E-state index contributed by atoms with van der Waals surface area (Å²) in [6.07, 6.45) is -3.98. The molecule has 112 valence electrons. The van der Waals surface area contributed by atoms with Gasteiger partial charge in [-0.3, -0.25) is 5.32 Å². The van der Waals surface area contributed by atoms with Crippen LogP contribution in [-0.4, -0.2) is 17.1 Å². The lowest BCUT2D eigenvalue weighted by Gasteiger charge is -2.32. The Balaban J connectivity index is 3.40. The first kappa shape index (κ1) is 16.5. The van der Waals surface area contributed by atoms with Crippen LogP contribution in [0.4, 0.5) is 13.2 Å². The maximum atomic E-state index is 13.0. The minimum atomic E-state index is -4.59. The minimum absolute atomic E-state index is 0.225. The first-order valence-electron chi connectivity index (χ1n) is 6.30. The van der Waals surface area contributed by atoms with Crippen molar-refractivity contribution in [2.45, 2.75) is 44.9 Å². The average Bonchev–Trinajstić information content (AvgIpc) is 2.37. The lowest BCUT2D eigenvalue weighted by molar-refractivity contribution is -0.147. The zero-order valence-corrected chi connectivity index (χ0v) is 11.6. The number of nitrogens with one attached hydrogen (secondary N) is 1. The third-order valence-corrected chi connectivity index (χ3v) is 3.35. The Morgan fingerprint density at radius 2 is 1.80 bits per heavy atom. The van der Waals surface area contributed by atoms with E-state index in [0.29, 0.717) is 6.42 Å². The van der Waals surface area contributed by atoms with E-state index in [2.05, 4.69) is 5.32 Å². The Morgan fingerprint density at radius 3 is 2.20 bits per heavy atom. The summed E-state index contributed by atoms with van der Waals surface area (Å²) in [5.41, 5.74) is -3.00. The standard InChI is InChI=1S/C14H18F3NO2/c1-4-9(2)18-13(3,12(19)20)10-7-5-6-8-11(10)14(15,16)17/h5-9,18H,4H2,1-3H3,(H,19,20). The Hall–Kier alpha value is -1.56. The van der Waals surface area contributed by atoms with Crippen LogP contribution in [0.25, 0.3) is 0 Å². The van der Waals surface area contributed by atoms with Crippen molar-refractivity contribution in [3.05, 3.63) is 35.4 Å². The van der Waals surface area contributed by atoms with Gasteiger partial charge in [-0.15, -0.1) is 0 Å². The summed E-state index contributed by atoms with van der Waals surface area (Å²) in [6.45, 7) is 4.82. The van der Waals surface area contributed by atoms with Gasteiger partial charge in [0.25, 0.3) is 0 Å². The van der Waals surface area contributed by atoms with Gasteiger partial charge in [-0.1, -0.05) is 25.1 Å². The molecule has 2 atom stereocenters. The van der Waals surface area contributed by atoms with E-state index in [0.717, 1.165) is 6.07 Å². The van der Waals surface area contributed by atoms with E-state index in [-0.39, 0.29) is 11.6 Å². The molecular formula is C14H18F3NO2. The molecule has 1 aromatic rings. The maximum absolute atomic E-state index is 13.0. The second-order valence-electron chi connectivity index (χ2n) is 4.93. The summed E-state index contributed by atoms with van der Waals surface area (Å²) in [7, 11) is 0. The number of carboxylic acids is 1. The molecule has 0 amide bonds. The van der Waals surface area contributed by atoms with Crippen LogP contribution in [-0.2, 0) is 16.5 Å². The SMILES string of the molecule is CCC(C)NC(C)(C(=O)O)c1ccccc1C(F)(F)F. The van der Waals surface area contributed by atoms with Gasteiger partial charge < -0.3 is 5.11 Å². The first-order valence-corrected chi connectivity index (χ1v) is 6.30. The molecule has 20 heavy (non-hydrogen) atoms. The number of carbonyl (C=O) groups is 1. The number of halogens is 3. The number of rotatable bonds is 5. The molecule has 0 aliphatic rings. The third kappa shape index (κ3) is 3.30. The van der Waals surface area contributed by atoms with Crippen molar-refractivity contribution >= 4 is 5.97 Å². The summed E-state index contributed by atoms with van der Waals surface area (Å²) in [6, 6.07) is 4.53. The topological polar surface area (TPSA) is 49.3 Å². The van der Waals surface area contributed by atoms with Crippen LogP contribution in [0, 0.1) is 0 Å². The average molecular weight is 289 g/mol. The summed E-state index contributed by atoms with van der Waals surface area (Å²) < 4.78 is 39.1. The van der Waals surface area contributed by atoms with Crippen LogP contribution in [0.3, 0.4) is 0 Å². The van der Waals surface area contributed by atoms with Crippen molar-refractivity contribution in [3.8, 4) is 0 Å². The highest BCUT2D eigenvalue weighted by molar-refractivity contribution is 5.81. The van der Waals surface area contributed by atoms with Gasteiger partial charge in [-0.2, -0.15) is 13.2 Å². The van der Waals surface area contributed by atoms with Gasteiger partial charge in [0.1, 0.15) is 5.54 Å². The fourth-order valence-corrected chi connectivity index (χ4v) is 2.02. The van der Waals surface area contributed by atoms with Gasteiger partial charge in [0, 0.05) is 6.04 Å². The Kier molecular flexibility index (Phi) is 4.81. The zero-order chi connectivity index (χ0) is 15.6. The molecule has 6 heteroatoms. The molecule has 0 heterocycles. The third-order valence-electron chi connectivity index (χ3n) is 3.35. The lowest BCUT2D eigenvalue weighted by atomic mass is 9.87. The van der Waals surface area contributed by atoms with E-state index in [9.17, 15) is 23.1 Å². The molecule has 2 N–H and O–H groups in total. The van der Waals surface area contributed by atoms with Crippen molar-refractivity contribution in [1.82, 2.24) is 5.32 Å². The number of hydrogen-bond acceptors (Lipinski definition) is 2. The molecule has 0 saturated heterocycles. The maximum Gasteiger partial charge on any atom is 0.416 e.